The van der Waals surface area contributed by atoms with Crippen LogP contribution in [0, 0.1) is 0 Å². The van der Waals surface area contributed by atoms with Crippen molar-refractivity contribution in [3.63, 3.8) is 0 Å². The Hall–Kier alpha value is -0.840. The highest BCUT2D eigenvalue weighted by atomic mass is 16.5. The van der Waals surface area contributed by atoms with Gasteiger partial charge in [0, 0.05) is 19.3 Å². The minimum atomic E-state index is -0.155. The Morgan fingerprint density at radius 1 is 1.44 bits per heavy atom. The molecule has 1 fully saturated rings. The molecule has 0 bridgehead atoms. The molecule has 1 aromatic rings. The minimum absolute atomic E-state index is 0.0750. The van der Waals surface area contributed by atoms with Crippen LogP contribution in [0.4, 0.5) is 0 Å². The first-order valence-electron chi connectivity index (χ1n) is 5.79. The number of hydrogen-bond donors (Lipinski definition) is 1. The van der Waals surface area contributed by atoms with Gasteiger partial charge >= 0.3 is 0 Å². The molecule has 2 N–H and O–H groups in total. The van der Waals surface area contributed by atoms with Crippen LogP contribution in [-0.4, -0.2) is 25.4 Å². The lowest BCUT2D eigenvalue weighted by Gasteiger charge is -2.28. The highest BCUT2D eigenvalue weighted by Crippen LogP contribution is 2.25. The Bertz CT molecular complexity index is 291. The molecule has 16 heavy (non-hydrogen) atoms. The van der Waals surface area contributed by atoms with E-state index >= 15 is 0 Å². The molecule has 4 nitrogen and oxygen atoms in total. The van der Waals surface area contributed by atoms with E-state index in [1.54, 1.807) is 6.26 Å². The first-order chi connectivity index (χ1) is 7.77. The largest absolute Gasteiger partial charge is 0.467 e. The van der Waals surface area contributed by atoms with Crippen LogP contribution >= 0.6 is 0 Å². The number of rotatable bonds is 4. The average molecular weight is 225 g/mol. The third-order valence-corrected chi connectivity index (χ3v) is 2.81. The van der Waals surface area contributed by atoms with Crippen LogP contribution in [0.1, 0.15) is 31.6 Å². The molecule has 4 heteroatoms. The minimum Gasteiger partial charge on any atom is -0.467 e. The van der Waals surface area contributed by atoms with Gasteiger partial charge in [0.2, 0.25) is 0 Å². The molecule has 2 rings (SSSR count). The fourth-order valence-electron chi connectivity index (χ4n) is 1.92. The van der Waals surface area contributed by atoms with Crippen molar-refractivity contribution in [3.05, 3.63) is 24.2 Å². The average Bonchev–Trinajstić information content (AvgIpc) is 2.80. The summed E-state index contributed by atoms with van der Waals surface area (Å²) in [6, 6.07) is 3.69. The van der Waals surface area contributed by atoms with Gasteiger partial charge in [0.25, 0.3) is 0 Å². The fraction of sp³-hybridized carbons (Fsp3) is 0.667. The van der Waals surface area contributed by atoms with Gasteiger partial charge in [-0.25, -0.2) is 0 Å². The Balaban J connectivity index is 1.97. The van der Waals surface area contributed by atoms with Gasteiger partial charge in [0.15, 0.2) is 0 Å². The van der Waals surface area contributed by atoms with Crippen LogP contribution in [0.25, 0.3) is 0 Å². The van der Waals surface area contributed by atoms with Gasteiger partial charge in [-0.1, -0.05) is 0 Å². The number of nitrogens with two attached hydrogens (primary N) is 1. The SMILES string of the molecule is CC(N)C(OC1CCOCC1)c1ccco1. The third-order valence-electron chi connectivity index (χ3n) is 2.81. The predicted octanol–water partition coefficient (Wildman–Crippen LogP) is 1.86. The van der Waals surface area contributed by atoms with Crippen LogP contribution in [0.2, 0.25) is 0 Å². The van der Waals surface area contributed by atoms with Crippen molar-refractivity contribution in [2.24, 2.45) is 5.73 Å². The van der Waals surface area contributed by atoms with Crippen LogP contribution in [0.15, 0.2) is 22.8 Å². The lowest BCUT2D eigenvalue weighted by Crippen LogP contribution is -2.32. The summed E-state index contributed by atoms with van der Waals surface area (Å²) >= 11 is 0. The summed E-state index contributed by atoms with van der Waals surface area (Å²) in [5.74, 6) is 0.807. The van der Waals surface area contributed by atoms with E-state index in [2.05, 4.69) is 0 Å². The molecule has 0 spiro atoms. The summed E-state index contributed by atoms with van der Waals surface area (Å²) < 4.78 is 16.7. The molecular weight excluding hydrogens is 206 g/mol. The second-order valence-corrected chi connectivity index (χ2v) is 4.24. The van der Waals surface area contributed by atoms with Gasteiger partial charge in [-0.3, -0.25) is 0 Å². The molecule has 0 aromatic carbocycles. The van der Waals surface area contributed by atoms with Crippen molar-refractivity contribution < 1.29 is 13.9 Å². The molecular formula is C12H19NO3. The van der Waals surface area contributed by atoms with Crippen molar-refractivity contribution in [2.75, 3.05) is 13.2 Å². The van der Waals surface area contributed by atoms with E-state index in [0.717, 1.165) is 31.8 Å². The normalized spacial score (nSPS) is 21.9. The Morgan fingerprint density at radius 2 is 2.19 bits per heavy atom. The van der Waals surface area contributed by atoms with Crippen molar-refractivity contribution in [1.82, 2.24) is 0 Å². The molecule has 2 atom stereocenters. The smallest absolute Gasteiger partial charge is 0.134 e. The third kappa shape index (κ3) is 2.84. The van der Waals surface area contributed by atoms with Crippen LogP contribution in [0.5, 0.6) is 0 Å². The summed E-state index contributed by atoms with van der Waals surface area (Å²) in [7, 11) is 0. The van der Waals surface area contributed by atoms with Gasteiger partial charge in [0.1, 0.15) is 11.9 Å². The molecule has 2 heterocycles. The molecule has 1 aliphatic heterocycles. The standard InChI is InChI=1S/C12H19NO3/c1-9(13)12(11-3-2-6-15-11)16-10-4-7-14-8-5-10/h2-3,6,9-10,12H,4-5,7-8,13H2,1H3. The number of furan rings is 1. The van der Waals surface area contributed by atoms with Crippen molar-refractivity contribution >= 4 is 0 Å². The quantitative estimate of drug-likeness (QED) is 0.849. The zero-order chi connectivity index (χ0) is 11.4. The molecule has 0 saturated carbocycles. The molecule has 90 valence electrons. The first-order valence-corrected chi connectivity index (χ1v) is 5.79. The van der Waals surface area contributed by atoms with E-state index in [1.807, 2.05) is 19.1 Å². The topological polar surface area (TPSA) is 57.6 Å². The van der Waals surface area contributed by atoms with E-state index in [9.17, 15) is 0 Å². The highest BCUT2D eigenvalue weighted by molar-refractivity contribution is 5.04. The van der Waals surface area contributed by atoms with E-state index in [-0.39, 0.29) is 18.2 Å². The van der Waals surface area contributed by atoms with Gasteiger partial charge in [-0.15, -0.1) is 0 Å². The summed E-state index contributed by atoms with van der Waals surface area (Å²) in [4.78, 5) is 0. The van der Waals surface area contributed by atoms with E-state index in [4.69, 9.17) is 19.6 Å². The van der Waals surface area contributed by atoms with Crippen LogP contribution < -0.4 is 5.73 Å². The fourth-order valence-corrected chi connectivity index (χ4v) is 1.92. The molecule has 1 aliphatic rings. The lowest BCUT2D eigenvalue weighted by atomic mass is 10.1. The molecule has 0 radical (unpaired) electrons. The zero-order valence-corrected chi connectivity index (χ0v) is 9.59. The van der Waals surface area contributed by atoms with Crippen molar-refractivity contribution in [1.29, 1.82) is 0 Å². The maximum Gasteiger partial charge on any atom is 0.134 e. The lowest BCUT2D eigenvalue weighted by molar-refractivity contribution is -0.0821. The Labute approximate surface area is 95.7 Å². The van der Waals surface area contributed by atoms with Gasteiger partial charge in [0.05, 0.1) is 12.4 Å². The van der Waals surface area contributed by atoms with Crippen LogP contribution in [-0.2, 0) is 9.47 Å². The van der Waals surface area contributed by atoms with E-state index in [0.29, 0.717) is 0 Å². The number of ether oxygens (including phenoxy) is 2. The Morgan fingerprint density at radius 3 is 2.75 bits per heavy atom. The summed E-state index contributed by atoms with van der Waals surface area (Å²) in [6.45, 7) is 3.48. The monoisotopic (exact) mass is 225 g/mol. The van der Waals surface area contributed by atoms with Gasteiger partial charge in [-0.2, -0.15) is 0 Å². The molecule has 2 unspecified atom stereocenters. The number of hydrogen-bond acceptors (Lipinski definition) is 4. The Kier molecular flexibility index (Phi) is 3.98. The second kappa shape index (κ2) is 5.48. The molecule has 1 saturated heterocycles. The zero-order valence-electron chi connectivity index (χ0n) is 9.59. The van der Waals surface area contributed by atoms with E-state index in [1.165, 1.54) is 0 Å². The molecule has 0 amide bonds. The van der Waals surface area contributed by atoms with Crippen molar-refractivity contribution in [3.8, 4) is 0 Å². The first kappa shape index (κ1) is 11.6. The summed E-state index contributed by atoms with van der Waals surface area (Å²) in [5.41, 5.74) is 5.93. The van der Waals surface area contributed by atoms with E-state index < -0.39 is 0 Å². The molecule has 0 aliphatic carbocycles. The van der Waals surface area contributed by atoms with Gasteiger partial charge < -0.3 is 19.6 Å². The maximum absolute atomic E-state index is 6.00. The summed E-state index contributed by atoms with van der Waals surface area (Å²) in [6.07, 6.45) is 3.60. The highest BCUT2D eigenvalue weighted by Gasteiger charge is 2.25. The summed E-state index contributed by atoms with van der Waals surface area (Å²) in [5, 5.41) is 0. The molecule has 1 aromatic heterocycles. The maximum atomic E-state index is 6.00. The van der Waals surface area contributed by atoms with Crippen molar-refractivity contribution in [2.45, 2.75) is 38.0 Å². The predicted molar refractivity (Wildman–Crippen MR) is 60.0 cm³/mol. The van der Waals surface area contributed by atoms with Gasteiger partial charge in [-0.05, 0) is 31.9 Å². The van der Waals surface area contributed by atoms with Crippen LogP contribution in [0.3, 0.4) is 0 Å². The second-order valence-electron chi connectivity index (χ2n) is 4.24.